The summed E-state index contributed by atoms with van der Waals surface area (Å²) in [5.74, 6) is -0.601. The van der Waals surface area contributed by atoms with Crippen molar-refractivity contribution in [2.75, 3.05) is 7.05 Å². The second-order valence-electron chi connectivity index (χ2n) is 6.13. The normalized spacial score (nSPS) is 11.5. The molecule has 1 heterocycles. The third-order valence-corrected chi connectivity index (χ3v) is 3.79. The summed E-state index contributed by atoms with van der Waals surface area (Å²) in [5.41, 5.74) is 0.744. The minimum Gasteiger partial charge on any atom is -0.336 e. The monoisotopic (exact) mass is 368 g/mol. The SMILES string of the molecule is CN(Cc1ccc(Br)c(F)c1)C(=O)c1cn(C(C)(C)C)nn1. The lowest BCUT2D eigenvalue weighted by atomic mass is 10.1. The van der Waals surface area contributed by atoms with Gasteiger partial charge in [-0.05, 0) is 54.4 Å². The second kappa shape index (κ2) is 6.16. The molecule has 22 heavy (non-hydrogen) atoms. The first-order valence-electron chi connectivity index (χ1n) is 6.80. The van der Waals surface area contributed by atoms with E-state index < -0.39 is 0 Å². The molecule has 2 aromatic rings. The number of halogens is 2. The van der Waals surface area contributed by atoms with E-state index >= 15 is 0 Å². The van der Waals surface area contributed by atoms with Crippen LogP contribution in [0.15, 0.2) is 28.9 Å². The van der Waals surface area contributed by atoms with Crippen LogP contribution in [0.3, 0.4) is 0 Å². The van der Waals surface area contributed by atoms with Gasteiger partial charge in [0.2, 0.25) is 0 Å². The molecule has 0 bridgehead atoms. The summed E-state index contributed by atoms with van der Waals surface area (Å²) in [7, 11) is 1.65. The Hall–Kier alpha value is -1.76. The lowest BCUT2D eigenvalue weighted by molar-refractivity contribution is 0.0779. The van der Waals surface area contributed by atoms with Gasteiger partial charge in [-0.1, -0.05) is 11.3 Å². The van der Waals surface area contributed by atoms with Crippen molar-refractivity contribution in [2.45, 2.75) is 32.9 Å². The highest BCUT2D eigenvalue weighted by atomic mass is 79.9. The van der Waals surface area contributed by atoms with Crippen molar-refractivity contribution in [1.29, 1.82) is 0 Å². The summed E-state index contributed by atoms with van der Waals surface area (Å²) in [4.78, 5) is 13.8. The molecule has 1 amide bonds. The van der Waals surface area contributed by atoms with Gasteiger partial charge in [-0.3, -0.25) is 4.79 Å². The standard InChI is InChI=1S/C15H18BrFN4O/c1-15(2,3)21-9-13(18-19-21)14(22)20(4)8-10-5-6-11(16)12(17)7-10/h5-7,9H,8H2,1-4H3. The topological polar surface area (TPSA) is 51.0 Å². The molecule has 118 valence electrons. The highest BCUT2D eigenvalue weighted by molar-refractivity contribution is 9.10. The molecule has 0 fully saturated rings. The lowest BCUT2D eigenvalue weighted by Gasteiger charge is -2.18. The molecule has 7 heteroatoms. The second-order valence-corrected chi connectivity index (χ2v) is 6.98. The van der Waals surface area contributed by atoms with Gasteiger partial charge in [0.25, 0.3) is 5.91 Å². The van der Waals surface area contributed by atoms with Crippen molar-refractivity contribution in [2.24, 2.45) is 0 Å². The largest absolute Gasteiger partial charge is 0.336 e. The number of nitrogens with zero attached hydrogens (tertiary/aromatic N) is 4. The molecular formula is C15H18BrFN4O. The number of rotatable bonds is 3. The van der Waals surface area contributed by atoms with Crippen molar-refractivity contribution in [3.05, 3.63) is 45.9 Å². The fraction of sp³-hybridized carbons (Fsp3) is 0.400. The van der Waals surface area contributed by atoms with Crippen LogP contribution in [0.25, 0.3) is 0 Å². The summed E-state index contributed by atoms with van der Waals surface area (Å²) >= 11 is 3.11. The predicted molar refractivity (Wildman–Crippen MR) is 84.9 cm³/mol. The molecule has 0 aliphatic carbocycles. The Labute approximate surface area is 137 Å². The molecule has 0 unspecified atom stereocenters. The summed E-state index contributed by atoms with van der Waals surface area (Å²) < 4.78 is 15.6. The van der Waals surface area contributed by atoms with Gasteiger partial charge < -0.3 is 4.90 Å². The molecule has 1 aromatic heterocycles. The van der Waals surface area contributed by atoms with E-state index in [0.717, 1.165) is 0 Å². The third kappa shape index (κ3) is 3.71. The van der Waals surface area contributed by atoms with E-state index in [4.69, 9.17) is 0 Å². The summed E-state index contributed by atoms with van der Waals surface area (Å²) in [6.07, 6.45) is 1.63. The van der Waals surface area contributed by atoms with Gasteiger partial charge in [-0.2, -0.15) is 0 Å². The average Bonchev–Trinajstić information content (AvgIpc) is 2.91. The van der Waals surface area contributed by atoms with Gasteiger partial charge in [-0.25, -0.2) is 9.07 Å². The Kier molecular flexibility index (Phi) is 4.65. The minimum absolute atomic E-state index is 0.237. The van der Waals surface area contributed by atoms with E-state index in [0.29, 0.717) is 16.6 Å². The summed E-state index contributed by atoms with van der Waals surface area (Å²) in [6, 6.07) is 4.79. The Bertz CT molecular complexity index is 693. The molecule has 0 saturated heterocycles. The summed E-state index contributed by atoms with van der Waals surface area (Å²) in [5, 5.41) is 7.89. The van der Waals surface area contributed by atoms with Gasteiger partial charge in [0.1, 0.15) is 5.82 Å². The van der Waals surface area contributed by atoms with E-state index in [1.165, 1.54) is 11.0 Å². The van der Waals surface area contributed by atoms with E-state index in [1.54, 1.807) is 30.1 Å². The number of hydrogen-bond donors (Lipinski definition) is 0. The molecule has 1 aromatic carbocycles. The molecule has 0 spiro atoms. The highest BCUT2D eigenvalue weighted by Gasteiger charge is 2.20. The maximum absolute atomic E-state index is 13.5. The Morgan fingerprint density at radius 2 is 2.09 bits per heavy atom. The van der Waals surface area contributed by atoms with Gasteiger partial charge in [0.15, 0.2) is 5.69 Å². The number of carbonyl (C=O) groups is 1. The molecule has 0 aliphatic heterocycles. The fourth-order valence-electron chi connectivity index (χ4n) is 1.87. The van der Waals surface area contributed by atoms with Crippen molar-refractivity contribution >= 4 is 21.8 Å². The Morgan fingerprint density at radius 3 is 2.64 bits per heavy atom. The molecular weight excluding hydrogens is 351 g/mol. The molecule has 0 aliphatic rings. The number of amides is 1. The lowest BCUT2D eigenvalue weighted by Crippen LogP contribution is -2.27. The first kappa shape index (κ1) is 16.6. The first-order valence-corrected chi connectivity index (χ1v) is 7.60. The van der Waals surface area contributed by atoms with E-state index in [9.17, 15) is 9.18 Å². The number of hydrogen-bond acceptors (Lipinski definition) is 3. The van der Waals surface area contributed by atoms with Crippen LogP contribution in [0.5, 0.6) is 0 Å². The van der Waals surface area contributed by atoms with Gasteiger partial charge in [0.05, 0.1) is 16.2 Å². The maximum Gasteiger partial charge on any atom is 0.276 e. The molecule has 0 N–H and O–H groups in total. The molecule has 0 radical (unpaired) electrons. The van der Waals surface area contributed by atoms with E-state index in [1.807, 2.05) is 20.8 Å². The highest BCUT2D eigenvalue weighted by Crippen LogP contribution is 2.18. The van der Waals surface area contributed by atoms with Gasteiger partial charge in [-0.15, -0.1) is 5.10 Å². The molecule has 0 saturated carbocycles. The van der Waals surface area contributed by atoms with E-state index in [2.05, 4.69) is 26.2 Å². The third-order valence-electron chi connectivity index (χ3n) is 3.15. The number of carbonyl (C=O) groups excluding carboxylic acids is 1. The van der Waals surface area contributed by atoms with Crippen molar-refractivity contribution in [1.82, 2.24) is 19.9 Å². The van der Waals surface area contributed by atoms with Crippen molar-refractivity contribution in [3.63, 3.8) is 0 Å². The number of aromatic nitrogens is 3. The Balaban J connectivity index is 2.12. The van der Waals surface area contributed by atoms with Crippen LogP contribution < -0.4 is 0 Å². The minimum atomic E-state index is -0.350. The van der Waals surface area contributed by atoms with Crippen LogP contribution in [-0.2, 0) is 12.1 Å². The number of benzene rings is 1. The first-order chi connectivity index (χ1) is 10.2. The zero-order valence-corrected chi connectivity index (χ0v) is 14.6. The zero-order valence-electron chi connectivity index (χ0n) is 13.0. The molecule has 2 rings (SSSR count). The van der Waals surface area contributed by atoms with Crippen LogP contribution in [0.1, 0.15) is 36.8 Å². The quantitative estimate of drug-likeness (QED) is 0.835. The van der Waals surface area contributed by atoms with E-state index in [-0.39, 0.29) is 23.0 Å². The summed E-state index contributed by atoms with van der Waals surface area (Å²) in [6.45, 7) is 6.23. The maximum atomic E-state index is 13.5. The van der Waals surface area contributed by atoms with Gasteiger partial charge >= 0.3 is 0 Å². The average molecular weight is 369 g/mol. The van der Waals surface area contributed by atoms with Crippen LogP contribution >= 0.6 is 15.9 Å². The molecule has 5 nitrogen and oxygen atoms in total. The van der Waals surface area contributed by atoms with Crippen molar-refractivity contribution in [3.8, 4) is 0 Å². The molecule has 0 atom stereocenters. The van der Waals surface area contributed by atoms with Crippen LogP contribution in [0, 0.1) is 5.82 Å². The van der Waals surface area contributed by atoms with Crippen LogP contribution in [-0.4, -0.2) is 32.8 Å². The van der Waals surface area contributed by atoms with Crippen molar-refractivity contribution < 1.29 is 9.18 Å². The van der Waals surface area contributed by atoms with Gasteiger partial charge in [0, 0.05) is 13.6 Å². The van der Waals surface area contributed by atoms with Crippen LogP contribution in [0.4, 0.5) is 4.39 Å². The Morgan fingerprint density at radius 1 is 1.41 bits per heavy atom. The fourth-order valence-corrected chi connectivity index (χ4v) is 2.12. The van der Waals surface area contributed by atoms with Crippen LogP contribution in [0.2, 0.25) is 0 Å². The predicted octanol–water partition coefficient (Wildman–Crippen LogP) is 3.21. The zero-order chi connectivity index (χ0) is 16.5. The smallest absolute Gasteiger partial charge is 0.276 e.